The number of carboxylic acid groups (broad SMARTS) is 1. The minimum absolute atomic E-state index is 0.150. The predicted octanol–water partition coefficient (Wildman–Crippen LogP) is 0.768. The maximum absolute atomic E-state index is 10.4. The Labute approximate surface area is 75.2 Å². The number of carboxylic acids is 1. The predicted molar refractivity (Wildman–Crippen MR) is 46.9 cm³/mol. The number of rotatable bonds is 2. The van der Waals surface area contributed by atoms with E-state index in [0.29, 0.717) is 16.8 Å². The van der Waals surface area contributed by atoms with Gasteiger partial charge in [0, 0.05) is 5.69 Å². The summed E-state index contributed by atoms with van der Waals surface area (Å²) in [6, 6.07) is 6.51. The zero-order valence-corrected chi connectivity index (χ0v) is 6.82. The van der Waals surface area contributed by atoms with Crippen molar-refractivity contribution in [2.75, 3.05) is 5.73 Å². The maximum Gasteiger partial charge on any atom is 0.307 e. The van der Waals surface area contributed by atoms with E-state index in [1.54, 1.807) is 12.1 Å². The molecule has 0 aliphatic carbocycles. The average Bonchev–Trinajstić information content (AvgIpc) is 2.07. The van der Waals surface area contributed by atoms with Crippen LogP contribution in [0.1, 0.15) is 11.1 Å². The first kappa shape index (κ1) is 9.07. The van der Waals surface area contributed by atoms with Gasteiger partial charge in [-0.1, -0.05) is 6.07 Å². The Balaban J connectivity index is 3.08. The summed E-state index contributed by atoms with van der Waals surface area (Å²) in [6.07, 6.45) is -0.150. The highest BCUT2D eigenvalue weighted by Gasteiger charge is 2.06. The summed E-state index contributed by atoms with van der Waals surface area (Å²) in [7, 11) is 0. The molecule has 0 saturated carbocycles. The number of carbonyl (C=O) groups is 1. The molecule has 1 rings (SSSR count). The van der Waals surface area contributed by atoms with Crippen molar-refractivity contribution in [1.29, 1.82) is 5.26 Å². The highest BCUT2D eigenvalue weighted by Crippen LogP contribution is 2.13. The fraction of sp³-hybridized carbons (Fsp3) is 0.111. The van der Waals surface area contributed by atoms with Crippen LogP contribution in [0.5, 0.6) is 0 Å². The lowest BCUT2D eigenvalue weighted by atomic mass is 10.1. The van der Waals surface area contributed by atoms with Crippen LogP contribution < -0.4 is 5.73 Å². The zero-order chi connectivity index (χ0) is 9.84. The maximum atomic E-state index is 10.4. The van der Waals surface area contributed by atoms with Gasteiger partial charge in [-0.25, -0.2) is 0 Å². The summed E-state index contributed by atoms with van der Waals surface area (Å²) in [5.74, 6) is -0.957. The summed E-state index contributed by atoms with van der Waals surface area (Å²) in [5.41, 5.74) is 6.71. The highest BCUT2D eigenvalue weighted by atomic mass is 16.4. The molecule has 0 radical (unpaired) electrons. The van der Waals surface area contributed by atoms with Gasteiger partial charge in [-0.3, -0.25) is 4.79 Å². The Morgan fingerprint density at radius 3 is 2.85 bits per heavy atom. The van der Waals surface area contributed by atoms with E-state index in [2.05, 4.69) is 0 Å². The first-order valence-electron chi connectivity index (χ1n) is 3.64. The smallest absolute Gasteiger partial charge is 0.307 e. The second-order valence-electron chi connectivity index (χ2n) is 2.60. The minimum Gasteiger partial charge on any atom is -0.481 e. The van der Waals surface area contributed by atoms with E-state index in [9.17, 15) is 4.79 Å². The summed E-state index contributed by atoms with van der Waals surface area (Å²) in [5, 5.41) is 17.2. The number of hydrogen-bond acceptors (Lipinski definition) is 3. The molecule has 4 heteroatoms. The van der Waals surface area contributed by atoms with Crippen molar-refractivity contribution < 1.29 is 9.90 Å². The number of hydrogen-bond donors (Lipinski definition) is 2. The van der Waals surface area contributed by atoms with Gasteiger partial charge in [0.1, 0.15) is 0 Å². The number of benzene rings is 1. The molecule has 4 nitrogen and oxygen atoms in total. The average molecular weight is 176 g/mol. The normalized spacial score (nSPS) is 9.15. The van der Waals surface area contributed by atoms with Gasteiger partial charge >= 0.3 is 5.97 Å². The van der Waals surface area contributed by atoms with Crippen LogP contribution in [0.15, 0.2) is 18.2 Å². The second-order valence-corrected chi connectivity index (χ2v) is 2.60. The SMILES string of the molecule is N#Cc1cc(N)ccc1CC(=O)O. The van der Waals surface area contributed by atoms with E-state index in [1.165, 1.54) is 6.07 Å². The Hall–Kier alpha value is -2.02. The van der Waals surface area contributed by atoms with Crippen molar-refractivity contribution in [3.8, 4) is 6.07 Å². The van der Waals surface area contributed by atoms with Crippen LogP contribution in [-0.2, 0) is 11.2 Å². The van der Waals surface area contributed by atoms with Gasteiger partial charge in [-0.15, -0.1) is 0 Å². The van der Waals surface area contributed by atoms with Crippen LogP contribution in [0.4, 0.5) is 5.69 Å². The molecule has 3 N–H and O–H groups in total. The molecule has 0 atom stereocenters. The van der Waals surface area contributed by atoms with Crippen molar-refractivity contribution >= 4 is 11.7 Å². The van der Waals surface area contributed by atoms with Gasteiger partial charge in [-0.2, -0.15) is 5.26 Å². The van der Waals surface area contributed by atoms with Gasteiger partial charge < -0.3 is 10.8 Å². The molecule has 0 heterocycles. The van der Waals surface area contributed by atoms with E-state index < -0.39 is 5.97 Å². The number of nitrogens with zero attached hydrogens (tertiary/aromatic N) is 1. The molecule has 0 bridgehead atoms. The molecule has 0 unspecified atom stereocenters. The third-order valence-corrected chi connectivity index (χ3v) is 1.60. The van der Waals surface area contributed by atoms with Gasteiger partial charge in [0.05, 0.1) is 18.1 Å². The molecular weight excluding hydrogens is 168 g/mol. The fourth-order valence-corrected chi connectivity index (χ4v) is 1.02. The molecule has 0 amide bonds. The number of nitriles is 1. The molecular formula is C9H8N2O2. The lowest BCUT2D eigenvalue weighted by Crippen LogP contribution is -2.02. The summed E-state index contributed by atoms with van der Waals surface area (Å²) in [6.45, 7) is 0. The summed E-state index contributed by atoms with van der Waals surface area (Å²) < 4.78 is 0. The highest BCUT2D eigenvalue weighted by molar-refractivity contribution is 5.71. The Morgan fingerprint density at radius 2 is 2.31 bits per heavy atom. The topological polar surface area (TPSA) is 87.1 Å². The Bertz CT molecular complexity index is 380. The lowest BCUT2D eigenvalue weighted by molar-refractivity contribution is -0.136. The van der Waals surface area contributed by atoms with Crippen LogP contribution in [0, 0.1) is 11.3 Å². The monoisotopic (exact) mass is 176 g/mol. The van der Waals surface area contributed by atoms with Crippen molar-refractivity contribution in [3.05, 3.63) is 29.3 Å². The lowest BCUT2D eigenvalue weighted by Gasteiger charge is -2.00. The molecule has 1 aromatic rings. The quantitative estimate of drug-likeness (QED) is 0.651. The summed E-state index contributed by atoms with van der Waals surface area (Å²) in [4.78, 5) is 10.4. The van der Waals surface area contributed by atoms with E-state index in [0.717, 1.165) is 0 Å². The van der Waals surface area contributed by atoms with Crippen LogP contribution in [-0.4, -0.2) is 11.1 Å². The van der Waals surface area contributed by atoms with Gasteiger partial charge in [0.2, 0.25) is 0 Å². The first-order valence-corrected chi connectivity index (χ1v) is 3.64. The van der Waals surface area contributed by atoms with Crippen LogP contribution in [0.25, 0.3) is 0 Å². The number of nitrogen functional groups attached to an aromatic ring is 1. The number of anilines is 1. The molecule has 0 aromatic heterocycles. The Morgan fingerprint density at radius 1 is 1.62 bits per heavy atom. The van der Waals surface area contributed by atoms with Crippen molar-refractivity contribution in [2.45, 2.75) is 6.42 Å². The van der Waals surface area contributed by atoms with E-state index >= 15 is 0 Å². The Kier molecular flexibility index (Phi) is 2.50. The molecule has 0 saturated heterocycles. The number of aliphatic carboxylic acids is 1. The molecule has 13 heavy (non-hydrogen) atoms. The van der Waals surface area contributed by atoms with Crippen LogP contribution in [0.2, 0.25) is 0 Å². The molecule has 0 aliphatic heterocycles. The van der Waals surface area contributed by atoms with Crippen LogP contribution in [0.3, 0.4) is 0 Å². The first-order chi connectivity index (χ1) is 6.13. The van der Waals surface area contributed by atoms with Crippen molar-refractivity contribution in [2.24, 2.45) is 0 Å². The minimum atomic E-state index is -0.957. The standard InChI is InChI=1S/C9H8N2O2/c10-5-7-3-8(11)2-1-6(7)4-9(12)13/h1-3H,4,11H2,(H,12,13). The van der Waals surface area contributed by atoms with Crippen molar-refractivity contribution in [1.82, 2.24) is 0 Å². The zero-order valence-electron chi connectivity index (χ0n) is 6.82. The molecule has 66 valence electrons. The number of nitrogens with two attached hydrogens (primary N) is 1. The van der Waals surface area contributed by atoms with Gasteiger partial charge in [0.25, 0.3) is 0 Å². The van der Waals surface area contributed by atoms with Crippen molar-refractivity contribution in [3.63, 3.8) is 0 Å². The van der Waals surface area contributed by atoms with E-state index in [-0.39, 0.29) is 6.42 Å². The van der Waals surface area contributed by atoms with E-state index in [1.807, 2.05) is 6.07 Å². The molecule has 0 fully saturated rings. The third kappa shape index (κ3) is 2.20. The van der Waals surface area contributed by atoms with Crippen LogP contribution >= 0.6 is 0 Å². The van der Waals surface area contributed by atoms with Gasteiger partial charge in [0.15, 0.2) is 0 Å². The second kappa shape index (κ2) is 3.59. The van der Waals surface area contributed by atoms with E-state index in [4.69, 9.17) is 16.1 Å². The largest absolute Gasteiger partial charge is 0.481 e. The fourth-order valence-electron chi connectivity index (χ4n) is 1.02. The third-order valence-electron chi connectivity index (χ3n) is 1.60. The van der Waals surface area contributed by atoms with Gasteiger partial charge in [-0.05, 0) is 17.7 Å². The molecule has 1 aromatic carbocycles. The molecule has 0 spiro atoms. The summed E-state index contributed by atoms with van der Waals surface area (Å²) >= 11 is 0. The molecule has 0 aliphatic rings.